The molecular formula is C24H13Br2F3N4S. The molecule has 170 valence electrons. The van der Waals surface area contributed by atoms with E-state index in [9.17, 15) is 13.2 Å². The summed E-state index contributed by atoms with van der Waals surface area (Å²) in [5.41, 5.74) is 1.85. The van der Waals surface area contributed by atoms with Crippen LogP contribution in [-0.4, -0.2) is 19.7 Å². The van der Waals surface area contributed by atoms with Gasteiger partial charge in [0.15, 0.2) is 5.69 Å². The van der Waals surface area contributed by atoms with E-state index in [-0.39, 0.29) is 11.6 Å². The number of thiophene rings is 1. The van der Waals surface area contributed by atoms with E-state index in [1.807, 2.05) is 54.6 Å². The first-order chi connectivity index (χ1) is 16.3. The second-order valence-corrected chi connectivity index (χ2v) is 10.0. The molecule has 0 fully saturated rings. The van der Waals surface area contributed by atoms with Crippen molar-refractivity contribution in [2.45, 2.75) is 6.18 Å². The third kappa shape index (κ3) is 4.70. The molecule has 0 saturated carbocycles. The zero-order chi connectivity index (χ0) is 23.9. The summed E-state index contributed by atoms with van der Waals surface area (Å²) in [6, 6.07) is 21.2. The Morgan fingerprint density at radius 2 is 1.47 bits per heavy atom. The van der Waals surface area contributed by atoms with E-state index in [1.165, 1.54) is 16.0 Å². The SMILES string of the molecule is FC(F)(F)c1cc(-c2cccs2)nc(-n2nc(-c3cccc(Br)c3)cc2-c2cccc(Br)c2)n1. The smallest absolute Gasteiger partial charge is 0.210 e. The number of benzene rings is 2. The zero-order valence-corrected chi connectivity index (χ0v) is 21.1. The van der Waals surface area contributed by atoms with Gasteiger partial charge in [-0.3, -0.25) is 0 Å². The molecule has 5 aromatic rings. The molecule has 0 N–H and O–H groups in total. The van der Waals surface area contributed by atoms with Crippen LogP contribution in [0.25, 0.3) is 39.0 Å². The van der Waals surface area contributed by atoms with Crippen molar-refractivity contribution in [3.8, 4) is 39.0 Å². The Labute approximate surface area is 213 Å². The standard InChI is InChI=1S/C24H13Br2F3N4S/c25-16-6-1-4-14(10-16)18-12-20(15-5-2-7-17(26)11-15)33(32-18)23-30-19(21-8-3-9-34-21)13-22(31-23)24(27,28)29/h1-13H. The molecule has 0 radical (unpaired) electrons. The third-order valence-corrected chi connectivity index (χ3v) is 6.80. The van der Waals surface area contributed by atoms with Crippen molar-refractivity contribution in [2.75, 3.05) is 0 Å². The number of aromatic nitrogens is 4. The molecule has 34 heavy (non-hydrogen) atoms. The van der Waals surface area contributed by atoms with Crippen LogP contribution in [0.4, 0.5) is 13.2 Å². The van der Waals surface area contributed by atoms with E-state index < -0.39 is 11.9 Å². The van der Waals surface area contributed by atoms with Gasteiger partial charge in [-0.25, -0.2) is 9.97 Å². The highest BCUT2D eigenvalue weighted by Gasteiger charge is 2.34. The van der Waals surface area contributed by atoms with Crippen LogP contribution in [0.15, 0.2) is 87.1 Å². The molecule has 0 unspecified atom stereocenters. The summed E-state index contributed by atoms with van der Waals surface area (Å²) in [6.45, 7) is 0. The Balaban J connectivity index is 1.76. The van der Waals surface area contributed by atoms with Gasteiger partial charge < -0.3 is 0 Å². The Hall–Kier alpha value is -2.82. The van der Waals surface area contributed by atoms with Crippen LogP contribution >= 0.6 is 43.2 Å². The first-order valence-corrected chi connectivity index (χ1v) is 12.4. The molecule has 3 aromatic heterocycles. The number of alkyl halides is 3. The van der Waals surface area contributed by atoms with Crippen molar-refractivity contribution in [2.24, 2.45) is 0 Å². The predicted molar refractivity (Wildman–Crippen MR) is 134 cm³/mol. The van der Waals surface area contributed by atoms with Crippen molar-refractivity contribution in [1.29, 1.82) is 0 Å². The van der Waals surface area contributed by atoms with Crippen LogP contribution in [-0.2, 0) is 6.18 Å². The molecule has 0 saturated heterocycles. The maximum Gasteiger partial charge on any atom is 0.433 e. The van der Waals surface area contributed by atoms with Gasteiger partial charge in [-0.05, 0) is 47.8 Å². The first-order valence-electron chi connectivity index (χ1n) is 9.90. The molecule has 0 bridgehead atoms. The Morgan fingerprint density at radius 3 is 2.12 bits per heavy atom. The van der Waals surface area contributed by atoms with Gasteiger partial charge in [0.05, 0.1) is 22.0 Å². The lowest BCUT2D eigenvalue weighted by Gasteiger charge is -2.12. The van der Waals surface area contributed by atoms with Crippen LogP contribution in [0.3, 0.4) is 0 Å². The second kappa shape index (κ2) is 9.09. The summed E-state index contributed by atoms with van der Waals surface area (Å²) in [4.78, 5) is 8.95. The van der Waals surface area contributed by atoms with E-state index >= 15 is 0 Å². The molecule has 0 spiro atoms. The second-order valence-electron chi connectivity index (χ2n) is 7.26. The zero-order valence-electron chi connectivity index (χ0n) is 17.1. The van der Waals surface area contributed by atoms with Gasteiger partial charge in [0.2, 0.25) is 0 Å². The number of hydrogen-bond acceptors (Lipinski definition) is 4. The summed E-state index contributed by atoms with van der Waals surface area (Å²) >= 11 is 8.23. The number of hydrogen-bond donors (Lipinski definition) is 0. The van der Waals surface area contributed by atoms with Crippen LogP contribution in [0.5, 0.6) is 0 Å². The molecular weight excluding hydrogens is 593 g/mol. The number of nitrogens with zero attached hydrogens (tertiary/aromatic N) is 4. The molecule has 4 nitrogen and oxygen atoms in total. The van der Waals surface area contributed by atoms with Gasteiger partial charge in [-0.15, -0.1) is 11.3 Å². The van der Waals surface area contributed by atoms with Gasteiger partial charge in [0.1, 0.15) is 0 Å². The molecule has 2 aromatic carbocycles. The lowest BCUT2D eigenvalue weighted by Crippen LogP contribution is -2.14. The summed E-state index contributed by atoms with van der Waals surface area (Å²) in [5.74, 6) is -0.158. The van der Waals surface area contributed by atoms with E-state index in [1.54, 1.807) is 17.5 Å². The van der Waals surface area contributed by atoms with Crippen LogP contribution in [0, 0.1) is 0 Å². The summed E-state index contributed by atoms with van der Waals surface area (Å²) in [7, 11) is 0. The van der Waals surface area contributed by atoms with Gasteiger partial charge >= 0.3 is 6.18 Å². The molecule has 3 heterocycles. The normalized spacial score (nSPS) is 11.7. The molecule has 5 rings (SSSR count). The topological polar surface area (TPSA) is 43.6 Å². The highest BCUT2D eigenvalue weighted by Crippen LogP contribution is 2.34. The number of rotatable bonds is 4. The minimum Gasteiger partial charge on any atom is -0.210 e. The Kier molecular flexibility index (Phi) is 6.13. The van der Waals surface area contributed by atoms with Crippen molar-refractivity contribution in [3.63, 3.8) is 0 Å². The minimum absolute atomic E-state index is 0.158. The molecule has 0 amide bonds. The van der Waals surface area contributed by atoms with Crippen LogP contribution in [0.1, 0.15) is 5.69 Å². The van der Waals surface area contributed by atoms with Gasteiger partial charge in [-0.1, -0.05) is 62.2 Å². The van der Waals surface area contributed by atoms with Gasteiger partial charge in [-0.2, -0.15) is 23.0 Å². The summed E-state index contributed by atoms with van der Waals surface area (Å²) in [5, 5.41) is 6.42. The fraction of sp³-hybridized carbons (Fsp3) is 0.0417. The fourth-order valence-electron chi connectivity index (χ4n) is 3.40. The summed E-state index contributed by atoms with van der Waals surface area (Å²) < 4.78 is 44.4. The van der Waals surface area contributed by atoms with E-state index in [2.05, 4.69) is 46.9 Å². The minimum atomic E-state index is -4.64. The van der Waals surface area contributed by atoms with Crippen molar-refractivity contribution in [3.05, 3.63) is 92.8 Å². The number of halogens is 5. The molecule has 0 aliphatic rings. The fourth-order valence-corrected chi connectivity index (χ4v) is 4.89. The van der Waals surface area contributed by atoms with Crippen molar-refractivity contribution in [1.82, 2.24) is 19.7 Å². The van der Waals surface area contributed by atoms with E-state index in [0.29, 0.717) is 16.3 Å². The highest BCUT2D eigenvalue weighted by atomic mass is 79.9. The predicted octanol–water partition coefficient (Wildman–Crippen LogP) is 8.27. The lowest BCUT2D eigenvalue weighted by atomic mass is 10.1. The largest absolute Gasteiger partial charge is 0.433 e. The third-order valence-electron chi connectivity index (χ3n) is 4.92. The molecule has 0 aliphatic heterocycles. The Bertz CT molecular complexity index is 1480. The first kappa shape index (κ1) is 22.9. The quantitative estimate of drug-likeness (QED) is 0.207. The van der Waals surface area contributed by atoms with E-state index in [4.69, 9.17) is 0 Å². The van der Waals surface area contributed by atoms with Crippen molar-refractivity contribution >= 4 is 43.2 Å². The molecule has 0 aliphatic carbocycles. The lowest BCUT2D eigenvalue weighted by molar-refractivity contribution is -0.141. The van der Waals surface area contributed by atoms with Gasteiger partial charge in [0.25, 0.3) is 5.95 Å². The Morgan fingerprint density at radius 1 is 0.765 bits per heavy atom. The summed E-state index contributed by atoms with van der Waals surface area (Å²) in [6.07, 6.45) is -4.64. The maximum atomic E-state index is 13.8. The molecule has 0 atom stereocenters. The van der Waals surface area contributed by atoms with Crippen molar-refractivity contribution < 1.29 is 13.2 Å². The van der Waals surface area contributed by atoms with E-state index in [0.717, 1.165) is 26.1 Å². The van der Waals surface area contributed by atoms with Crippen LogP contribution in [0.2, 0.25) is 0 Å². The average Bonchev–Trinajstić information content (AvgIpc) is 3.49. The average molecular weight is 606 g/mol. The maximum absolute atomic E-state index is 13.8. The monoisotopic (exact) mass is 604 g/mol. The van der Waals surface area contributed by atoms with Gasteiger partial charge in [0, 0.05) is 20.1 Å². The highest BCUT2D eigenvalue weighted by molar-refractivity contribution is 9.10. The van der Waals surface area contributed by atoms with Crippen LogP contribution < -0.4 is 0 Å². The molecule has 10 heteroatoms.